The van der Waals surface area contributed by atoms with Crippen LogP contribution in [0.4, 0.5) is 5.69 Å². The topological polar surface area (TPSA) is 77.3 Å². The van der Waals surface area contributed by atoms with Gasteiger partial charge in [-0.05, 0) is 35.9 Å². The molecule has 0 amide bonds. The van der Waals surface area contributed by atoms with E-state index in [9.17, 15) is 18.5 Å². The van der Waals surface area contributed by atoms with Gasteiger partial charge >= 0.3 is 0 Å². The molecule has 0 fully saturated rings. The third kappa shape index (κ3) is 3.85. The SMILES string of the molecule is O=[N+]([O-])c1ccc(S(=O)(=O)/C=C/c2ccc(Cl)cc2Cl)cc1. The summed E-state index contributed by atoms with van der Waals surface area (Å²) in [5.74, 6) is 0. The van der Waals surface area contributed by atoms with E-state index < -0.39 is 14.8 Å². The van der Waals surface area contributed by atoms with Gasteiger partial charge in [0.15, 0.2) is 9.84 Å². The molecule has 0 aromatic heterocycles. The predicted octanol–water partition coefficient (Wildman–Crippen LogP) is 4.35. The summed E-state index contributed by atoms with van der Waals surface area (Å²) in [7, 11) is -3.72. The van der Waals surface area contributed by atoms with Crippen molar-refractivity contribution < 1.29 is 13.3 Å². The van der Waals surface area contributed by atoms with Gasteiger partial charge in [0.1, 0.15) is 0 Å². The second-order valence-electron chi connectivity index (χ2n) is 4.26. The Bertz CT molecular complexity index is 846. The zero-order valence-corrected chi connectivity index (χ0v) is 13.3. The molecular formula is C14H9Cl2NO4S. The van der Waals surface area contributed by atoms with Gasteiger partial charge in [0.25, 0.3) is 5.69 Å². The lowest BCUT2D eigenvalue weighted by Crippen LogP contribution is -1.96. The molecule has 5 nitrogen and oxygen atoms in total. The molecule has 0 radical (unpaired) electrons. The molecule has 0 aliphatic heterocycles. The minimum absolute atomic E-state index is 0.0422. The Morgan fingerprint density at radius 1 is 1.05 bits per heavy atom. The second kappa shape index (κ2) is 6.48. The minimum atomic E-state index is -3.72. The molecule has 2 aromatic rings. The molecule has 0 bridgehead atoms. The average molecular weight is 358 g/mol. The molecule has 0 saturated heterocycles. The molecule has 2 aromatic carbocycles. The largest absolute Gasteiger partial charge is 0.269 e. The Morgan fingerprint density at radius 2 is 1.68 bits per heavy atom. The van der Waals surface area contributed by atoms with E-state index >= 15 is 0 Å². The van der Waals surface area contributed by atoms with E-state index in [0.717, 1.165) is 17.5 Å². The Labute approximate surface area is 136 Å². The molecular weight excluding hydrogens is 349 g/mol. The first kappa shape index (κ1) is 16.5. The van der Waals surface area contributed by atoms with Gasteiger partial charge in [0.05, 0.1) is 9.82 Å². The average Bonchev–Trinajstić information content (AvgIpc) is 2.46. The van der Waals surface area contributed by atoms with Crippen molar-refractivity contribution in [1.29, 1.82) is 0 Å². The number of halogens is 2. The van der Waals surface area contributed by atoms with E-state index in [0.29, 0.717) is 15.6 Å². The van der Waals surface area contributed by atoms with Gasteiger partial charge in [-0.15, -0.1) is 0 Å². The summed E-state index contributed by atoms with van der Waals surface area (Å²) in [6.45, 7) is 0. The summed E-state index contributed by atoms with van der Waals surface area (Å²) < 4.78 is 24.3. The van der Waals surface area contributed by atoms with Crippen molar-refractivity contribution in [2.75, 3.05) is 0 Å². The maximum Gasteiger partial charge on any atom is 0.269 e. The van der Waals surface area contributed by atoms with Gasteiger partial charge in [0.2, 0.25) is 0 Å². The zero-order chi connectivity index (χ0) is 16.3. The van der Waals surface area contributed by atoms with Gasteiger partial charge in [-0.3, -0.25) is 10.1 Å². The highest BCUT2D eigenvalue weighted by Gasteiger charge is 2.13. The van der Waals surface area contributed by atoms with Crippen LogP contribution in [-0.2, 0) is 9.84 Å². The van der Waals surface area contributed by atoms with Gasteiger partial charge in [-0.2, -0.15) is 0 Å². The Hall–Kier alpha value is -1.89. The highest BCUT2D eigenvalue weighted by molar-refractivity contribution is 7.94. The molecule has 0 spiro atoms. The summed E-state index contributed by atoms with van der Waals surface area (Å²) in [5, 5.41) is 12.3. The Morgan fingerprint density at radius 3 is 2.23 bits per heavy atom. The number of hydrogen-bond donors (Lipinski definition) is 0. The minimum Gasteiger partial charge on any atom is -0.258 e. The third-order valence-electron chi connectivity index (χ3n) is 2.77. The number of nitro benzene ring substituents is 1. The summed E-state index contributed by atoms with van der Waals surface area (Å²) in [5.41, 5.74) is 0.320. The molecule has 0 heterocycles. The standard InChI is InChI=1S/C14H9Cl2NO4S/c15-11-2-1-10(14(16)9-11)7-8-22(20,21)13-5-3-12(4-6-13)17(18)19/h1-9H/b8-7+. The first-order valence-electron chi connectivity index (χ1n) is 5.92. The highest BCUT2D eigenvalue weighted by atomic mass is 35.5. The number of nitro groups is 1. The molecule has 22 heavy (non-hydrogen) atoms. The van der Waals surface area contributed by atoms with E-state index in [-0.39, 0.29) is 10.6 Å². The highest BCUT2D eigenvalue weighted by Crippen LogP contribution is 2.24. The van der Waals surface area contributed by atoms with E-state index in [1.807, 2.05) is 0 Å². The number of sulfone groups is 1. The van der Waals surface area contributed by atoms with Crippen molar-refractivity contribution in [1.82, 2.24) is 0 Å². The number of rotatable bonds is 4. The number of nitrogens with zero attached hydrogens (tertiary/aromatic N) is 1. The maximum absolute atomic E-state index is 12.1. The smallest absolute Gasteiger partial charge is 0.258 e. The monoisotopic (exact) mass is 357 g/mol. The molecule has 0 aliphatic carbocycles. The van der Waals surface area contributed by atoms with E-state index in [1.165, 1.54) is 24.3 Å². The maximum atomic E-state index is 12.1. The summed E-state index contributed by atoms with van der Waals surface area (Å²) >= 11 is 11.7. The molecule has 0 saturated carbocycles. The van der Waals surface area contributed by atoms with Crippen LogP contribution in [0.3, 0.4) is 0 Å². The Kier molecular flexibility index (Phi) is 4.85. The van der Waals surface area contributed by atoms with E-state index in [2.05, 4.69) is 0 Å². The van der Waals surface area contributed by atoms with Crippen molar-refractivity contribution in [2.24, 2.45) is 0 Å². The molecule has 2 rings (SSSR count). The fourth-order valence-electron chi connectivity index (χ4n) is 1.64. The zero-order valence-electron chi connectivity index (χ0n) is 10.9. The van der Waals surface area contributed by atoms with Crippen molar-refractivity contribution in [3.05, 3.63) is 73.6 Å². The van der Waals surface area contributed by atoms with Crippen LogP contribution in [-0.4, -0.2) is 13.3 Å². The second-order valence-corrected chi connectivity index (χ2v) is 6.94. The molecule has 8 heteroatoms. The summed E-state index contributed by atoms with van der Waals surface area (Å²) in [4.78, 5) is 9.91. The van der Waals surface area contributed by atoms with Crippen LogP contribution in [0.25, 0.3) is 6.08 Å². The lowest BCUT2D eigenvalue weighted by Gasteiger charge is -2.01. The van der Waals surface area contributed by atoms with Crippen LogP contribution in [0, 0.1) is 10.1 Å². The number of hydrogen-bond acceptors (Lipinski definition) is 4. The van der Waals surface area contributed by atoms with E-state index in [1.54, 1.807) is 12.1 Å². The van der Waals surface area contributed by atoms with Gasteiger partial charge in [-0.25, -0.2) is 8.42 Å². The first-order chi connectivity index (χ1) is 10.3. The normalized spacial score (nSPS) is 11.7. The van der Waals surface area contributed by atoms with Crippen LogP contribution in [0.5, 0.6) is 0 Å². The Balaban J connectivity index is 2.30. The fourth-order valence-corrected chi connectivity index (χ4v) is 3.11. The fraction of sp³-hybridized carbons (Fsp3) is 0. The molecule has 0 N–H and O–H groups in total. The summed E-state index contributed by atoms with van der Waals surface area (Å²) in [6, 6.07) is 9.31. The van der Waals surface area contributed by atoms with Gasteiger partial charge < -0.3 is 0 Å². The lowest BCUT2D eigenvalue weighted by molar-refractivity contribution is -0.384. The number of benzene rings is 2. The summed E-state index contributed by atoms with van der Waals surface area (Å²) in [6.07, 6.45) is 1.34. The van der Waals surface area contributed by atoms with Gasteiger partial charge in [0, 0.05) is 27.6 Å². The molecule has 0 aliphatic rings. The van der Waals surface area contributed by atoms with E-state index in [4.69, 9.17) is 23.2 Å². The van der Waals surface area contributed by atoms with Crippen molar-refractivity contribution in [3.8, 4) is 0 Å². The van der Waals surface area contributed by atoms with Crippen molar-refractivity contribution in [3.63, 3.8) is 0 Å². The van der Waals surface area contributed by atoms with Crippen molar-refractivity contribution in [2.45, 2.75) is 4.90 Å². The molecule has 114 valence electrons. The van der Waals surface area contributed by atoms with Crippen LogP contribution >= 0.6 is 23.2 Å². The third-order valence-corrected chi connectivity index (χ3v) is 4.75. The predicted molar refractivity (Wildman–Crippen MR) is 85.8 cm³/mol. The lowest BCUT2D eigenvalue weighted by atomic mass is 10.2. The van der Waals surface area contributed by atoms with Crippen molar-refractivity contribution >= 4 is 44.8 Å². The van der Waals surface area contributed by atoms with Gasteiger partial charge in [-0.1, -0.05) is 29.3 Å². The molecule has 0 unspecified atom stereocenters. The quantitative estimate of drug-likeness (QED) is 0.601. The first-order valence-corrected chi connectivity index (χ1v) is 8.22. The van der Waals surface area contributed by atoms with Crippen LogP contribution in [0.1, 0.15) is 5.56 Å². The molecule has 0 atom stereocenters. The van der Waals surface area contributed by atoms with Crippen LogP contribution in [0.2, 0.25) is 10.0 Å². The van der Waals surface area contributed by atoms with Crippen LogP contribution in [0.15, 0.2) is 52.8 Å². The number of non-ortho nitro benzene ring substituents is 1. The van der Waals surface area contributed by atoms with Crippen LogP contribution < -0.4 is 0 Å².